The van der Waals surface area contributed by atoms with Crippen molar-refractivity contribution in [2.75, 3.05) is 13.1 Å². The zero-order valence-corrected chi connectivity index (χ0v) is 21.1. The van der Waals surface area contributed by atoms with E-state index in [9.17, 15) is 36.3 Å². The minimum atomic E-state index is -3.01. The molecule has 0 bridgehead atoms. The van der Waals surface area contributed by atoms with Crippen LogP contribution in [0.5, 0.6) is 0 Å². The Morgan fingerprint density at radius 3 is 2.36 bits per heavy atom. The molecule has 3 aliphatic rings. The van der Waals surface area contributed by atoms with Crippen molar-refractivity contribution in [1.82, 2.24) is 10.2 Å². The highest BCUT2D eigenvalue weighted by atomic mass is 32.1. The van der Waals surface area contributed by atoms with Gasteiger partial charge in [-0.1, -0.05) is 6.07 Å². The Balaban J connectivity index is 0.00000228. The van der Waals surface area contributed by atoms with Crippen LogP contribution in [0, 0.1) is 23.4 Å². The summed E-state index contributed by atoms with van der Waals surface area (Å²) in [4.78, 5) is 39.3. The van der Waals surface area contributed by atoms with Crippen LogP contribution in [0.4, 0.5) is 22.0 Å². The molecule has 1 aromatic carbocycles. The molecule has 1 N–H and O–H groups in total. The Kier molecular flexibility index (Phi) is 8.98. The summed E-state index contributed by atoms with van der Waals surface area (Å²) in [6.45, 7) is 1.76. The van der Waals surface area contributed by atoms with Crippen LogP contribution in [0.3, 0.4) is 0 Å². The lowest BCUT2D eigenvalue weighted by atomic mass is 9.71. The van der Waals surface area contributed by atoms with Crippen molar-refractivity contribution in [1.29, 1.82) is 0 Å². The minimum Gasteiger partial charge on any atom is -0.336 e. The second-order valence-electron chi connectivity index (χ2n) is 8.87. The molecule has 2 heterocycles. The van der Waals surface area contributed by atoms with Crippen LogP contribution in [-0.4, -0.2) is 53.1 Å². The third-order valence-electron chi connectivity index (χ3n) is 6.61. The fraction of sp³-hybridized carbons (Fsp3) is 0.500. The summed E-state index contributed by atoms with van der Waals surface area (Å²) in [6, 6.07) is 0.950. The Labute approximate surface area is 217 Å². The highest BCUT2D eigenvalue weighted by Gasteiger charge is 2.60. The van der Waals surface area contributed by atoms with Gasteiger partial charge < -0.3 is 10.2 Å². The molecule has 198 valence electrons. The van der Waals surface area contributed by atoms with Gasteiger partial charge in [-0.2, -0.15) is 37.2 Å². The fourth-order valence-electron chi connectivity index (χ4n) is 4.82. The number of nitrogens with one attached hydrogen (secondary N) is 1. The number of carbonyl (C=O) groups excluding carboxylic acids is 3. The largest absolute Gasteiger partial charge is 0.336 e. The second-order valence-corrected chi connectivity index (χ2v) is 8.87. The Bertz CT molecular complexity index is 1120. The number of halogens is 5. The molecule has 4 rings (SSSR count). The van der Waals surface area contributed by atoms with Crippen molar-refractivity contribution in [2.24, 2.45) is 16.1 Å². The molecule has 0 spiro atoms. The first-order valence-corrected chi connectivity index (χ1v) is 10.7. The minimum absolute atomic E-state index is 0. The van der Waals surface area contributed by atoms with Crippen molar-refractivity contribution in [3.8, 4) is 0 Å². The second kappa shape index (κ2) is 10.9. The number of carbonyl (C=O) groups is 3. The molecule has 14 heteroatoms. The molecule has 0 radical (unpaired) electrons. The number of benzene rings is 1. The average Bonchev–Trinajstić information content (AvgIpc) is 3.42. The van der Waals surface area contributed by atoms with Crippen LogP contribution in [0.2, 0.25) is 0 Å². The number of hydrogen-bond donors (Lipinski definition) is 1. The zero-order chi connectivity index (χ0) is 24.8. The molecule has 1 saturated carbocycles. The molecule has 0 unspecified atom stereocenters. The van der Waals surface area contributed by atoms with Crippen molar-refractivity contribution in [3.63, 3.8) is 0 Å². The van der Waals surface area contributed by atoms with E-state index in [1.165, 1.54) is 13.0 Å². The lowest BCUT2D eigenvalue weighted by Gasteiger charge is -2.47. The molecular formula is C22H25F5N4O3S2. The number of azo groups is 1. The summed E-state index contributed by atoms with van der Waals surface area (Å²) in [5.74, 6) is -10.9. The summed E-state index contributed by atoms with van der Waals surface area (Å²) < 4.78 is 67.8. The molecule has 1 aromatic rings. The number of ketones is 1. The van der Waals surface area contributed by atoms with E-state index in [-0.39, 0.29) is 57.8 Å². The van der Waals surface area contributed by atoms with E-state index in [0.717, 1.165) is 17.0 Å². The molecular weight excluding hydrogens is 527 g/mol. The first kappa shape index (κ1) is 29.7. The third-order valence-corrected chi connectivity index (χ3v) is 6.61. The molecule has 1 aliphatic carbocycles. The molecule has 1 saturated heterocycles. The molecule has 0 aromatic heterocycles. The Hall–Kier alpha value is -2.48. The van der Waals surface area contributed by atoms with E-state index in [2.05, 4.69) is 15.5 Å². The van der Waals surface area contributed by atoms with Crippen molar-refractivity contribution in [3.05, 3.63) is 46.9 Å². The van der Waals surface area contributed by atoms with E-state index in [1.807, 2.05) is 0 Å². The summed E-state index contributed by atoms with van der Waals surface area (Å²) in [7, 11) is 0. The molecule has 2 aliphatic heterocycles. The van der Waals surface area contributed by atoms with Crippen LogP contribution >= 0.6 is 27.0 Å². The first-order valence-electron chi connectivity index (χ1n) is 10.7. The van der Waals surface area contributed by atoms with Crippen LogP contribution in [0.15, 0.2) is 34.1 Å². The van der Waals surface area contributed by atoms with E-state index < -0.39 is 77.7 Å². The van der Waals surface area contributed by atoms with Crippen molar-refractivity contribution < 1.29 is 36.3 Å². The number of likely N-dealkylation sites (tertiary alicyclic amines) is 1. The lowest BCUT2D eigenvalue weighted by Crippen LogP contribution is -2.65. The SMILES string of the molecule is C[C@H]1[C@@H](C(=O)Cc2ccc(F)c(F)c2F)CCN1C(=O)C(=O)NC1(C2=CCN=N2)CC(F)(F)C1.S.S. The number of alkyl halides is 2. The molecule has 7 nitrogen and oxygen atoms in total. The number of Topliss-reactive ketones (excluding diaryl/α,β-unsaturated/α-hetero) is 1. The molecule has 2 amide bonds. The quantitative estimate of drug-likeness (QED) is 0.345. The predicted octanol–water partition coefficient (Wildman–Crippen LogP) is 3.31. The lowest BCUT2D eigenvalue weighted by molar-refractivity contribution is -0.154. The molecule has 2 atom stereocenters. The smallest absolute Gasteiger partial charge is 0.312 e. The summed E-state index contributed by atoms with van der Waals surface area (Å²) in [5, 5.41) is 9.90. The summed E-state index contributed by atoms with van der Waals surface area (Å²) in [5.41, 5.74) is -1.63. The van der Waals surface area contributed by atoms with Crippen LogP contribution in [0.1, 0.15) is 31.7 Å². The van der Waals surface area contributed by atoms with Gasteiger partial charge in [0.25, 0.3) is 5.92 Å². The van der Waals surface area contributed by atoms with Gasteiger partial charge in [0.2, 0.25) is 0 Å². The Morgan fingerprint density at radius 2 is 1.78 bits per heavy atom. The topological polar surface area (TPSA) is 91.2 Å². The van der Waals surface area contributed by atoms with Gasteiger partial charge in [0.1, 0.15) is 5.78 Å². The highest BCUT2D eigenvalue weighted by molar-refractivity contribution is 7.59. The van der Waals surface area contributed by atoms with Crippen LogP contribution in [0.25, 0.3) is 0 Å². The molecule has 36 heavy (non-hydrogen) atoms. The first-order chi connectivity index (χ1) is 15.9. The fourth-order valence-corrected chi connectivity index (χ4v) is 4.82. The number of amides is 2. The van der Waals surface area contributed by atoms with E-state index in [0.29, 0.717) is 0 Å². The maximum absolute atomic E-state index is 13.9. The highest BCUT2D eigenvalue weighted by Crippen LogP contribution is 2.50. The van der Waals surface area contributed by atoms with Crippen molar-refractivity contribution >= 4 is 44.6 Å². The molecule has 2 fully saturated rings. The number of rotatable bonds is 5. The van der Waals surface area contributed by atoms with Crippen LogP contribution < -0.4 is 5.32 Å². The Morgan fingerprint density at radius 1 is 1.11 bits per heavy atom. The maximum atomic E-state index is 13.9. The normalized spacial score (nSPS) is 23.2. The van der Waals surface area contributed by atoms with Crippen LogP contribution in [-0.2, 0) is 20.8 Å². The maximum Gasteiger partial charge on any atom is 0.312 e. The predicted molar refractivity (Wildman–Crippen MR) is 128 cm³/mol. The van der Waals surface area contributed by atoms with E-state index in [4.69, 9.17) is 0 Å². The van der Waals surface area contributed by atoms with E-state index >= 15 is 0 Å². The zero-order valence-electron chi connectivity index (χ0n) is 19.1. The summed E-state index contributed by atoms with van der Waals surface area (Å²) in [6.07, 6.45) is -0.248. The van der Waals surface area contributed by atoms with Gasteiger partial charge in [0.15, 0.2) is 17.5 Å². The van der Waals surface area contributed by atoms with Crippen molar-refractivity contribution in [2.45, 2.75) is 50.1 Å². The average molecular weight is 553 g/mol. The van der Waals surface area contributed by atoms with Gasteiger partial charge in [0.05, 0.1) is 17.8 Å². The monoisotopic (exact) mass is 552 g/mol. The van der Waals surface area contributed by atoms with Gasteiger partial charge in [-0.3, -0.25) is 14.4 Å². The van der Waals surface area contributed by atoms with Gasteiger partial charge in [0, 0.05) is 37.8 Å². The number of nitrogens with zero attached hydrogens (tertiary/aromatic N) is 3. The third kappa shape index (κ3) is 5.43. The number of hydrogen-bond acceptors (Lipinski definition) is 5. The van der Waals surface area contributed by atoms with E-state index in [1.54, 1.807) is 0 Å². The van der Waals surface area contributed by atoms with Gasteiger partial charge in [-0.05, 0) is 31.1 Å². The summed E-state index contributed by atoms with van der Waals surface area (Å²) >= 11 is 0. The van der Waals surface area contributed by atoms with Gasteiger partial charge in [-0.25, -0.2) is 22.0 Å². The van der Waals surface area contributed by atoms with Gasteiger partial charge >= 0.3 is 11.8 Å². The van der Waals surface area contributed by atoms with Gasteiger partial charge in [-0.15, -0.1) is 0 Å². The standard InChI is InChI=1S/C22H21F5N4O3.2H2S/c1-11-13(15(32)8-12-2-3-14(23)18(25)17(12)24)5-7-31(11)20(34)19(33)29-21(9-22(26,27)10-21)16-4-6-28-30-16;;/h2-4,11,13H,5-10H2,1H3,(H,29,33);2*1H2/t11-,13-;;/m0../s1.